The molecule has 8 heteroatoms. The Hall–Kier alpha value is -3.49. The van der Waals surface area contributed by atoms with E-state index in [4.69, 9.17) is 4.98 Å². The van der Waals surface area contributed by atoms with Crippen LogP contribution >= 0.6 is 0 Å². The van der Waals surface area contributed by atoms with Crippen molar-refractivity contribution in [2.45, 2.75) is 32.5 Å². The van der Waals surface area contributed by atoms with Gasteiger partial charge in [0.25, 0.3) is 5.56 Å². The van der Waals surface area contributed by atoms with E-state index in [1.165, 1.54) is 27.3 Å². The lowest BCUT2D eigenvalue weighted by atomic mass is 9.96. The van der Waals surface area contributed by atoms with E-state index in [0.717, 1.165) is 38.4 Å². The van der Waals surface area contributed by atoms with Gasteiger partial charge in [0.15, 0.2) is 11.2 Å². The topological polar surface area (TPSA) is 68.3 Å². The molecule has 5 rings (SSSR count). The van der Waals surface area contributed by atoms with Crippen LogP contribution in [0.25, 0.3) is 11.2 Å². The van der Waals surface area contributed by atoms with E-state index in [2.05, 4.69) is 77.4 Å². The highest BCUT2D eigenvalue weighted by molar-refractivity contribution is 5.71. The predicted octanol–water partition coefficient (Wildman–Crippen LogP) is 2.75. The van der Waals surface area contributed by atoms with E-state index in [-0.39, 0.29) is 17.3 Å². The summed E-state index contributed by atoms with van der Waals surface area (Å²) in [6.07, 6.45) is 0.883. The monoisotopic (exact) mass is 486 g/mol. The van der Waals surface area contributed by atoms with Crippen molar-refractivity contribution in [1.29, 1.82) is 0 Å². The smallest absolute Gasteiger partial charge is 0.321 e. The number of rotatable bonds is 7. The Balaban J connectivity index is 1.39. The fraction of sp³-hybridized carbons (Fsp3) is 0.393. The maximum absolute atomic E-state index is 13.0. The normalized spacial score (nSPS) is 15.2. The van der Waals surface area contributed by atoms with E-state index in [1.807, 2.05) is 4.57 Å². The lowest BCUT2D eigenvalue weighted by molar-refractivity contribution is 0.102. The number of aryl methyl sites for hydroxylation is 2. The predicted molar refractivity (Wildman–Crippen MR) is 142 cm³/mol. The van der Waals surface area contributed by atoms with E-state index in [1.54, 1.807) is 7.05 Å². The molecule has 1 saturated heterocycles. The summed E-state index contributed by atoms with van der Waals surface area (Å²) in [6.45, 7) is 7.12. The van der Waals surface area contributed by atoms with Crippen molar-refractivity contribution in [3.05, 3.63) is 98.5 Å². The number of benzene rings is 2. The van der Waals surface area contributed by atoms with Crippen molar-refractivity contribution in [2.75, 3.05) is 26.2 Å². The number of piperazine rings is 1. The number of aromatic nitrogens is 4. The first-order valence-corrected chi connectivity index (χ1v) is 12.7. The highest BCUT2D eigenvalue weighted by Gasteiger charge is 2.27. The molecule has 8 nitrogen and oxygen atoms in total. The van der Waals surface area contributed by atoms with Gasteiger partial charge < -0.3 is 4.57 Å². The molecular weight excluding hydrogens is 452 g/mol. The van der Waals surface area contributed by atoms with Crippen molar-refractivity contribution < 1.29 is 0 Å². The van der Waals surface area contributed by atoms with Gasteiger partial charge in [-0.15, -0.1) is 0 Å². The molecule has 0 aliphatic carbocycles. The van der Waals surface area contributed by atoms with Crippen molar-refractivity contribution >= 4 is 11.2 Å². The Kier molecular flexibility index (Phi) is 6.89. The summed E-state index contributed by atoms with van der Waals surface area (Å²) in [5.41, 5.74) is 2.97. The molecule has 0 radical (unpaired) electrons. The minimum absolute atomic E-state index is 0.219. The molecule has 0 amide bonds. The lowest BCUT2D eigenvalue weighted by Crippen LogP contribution is -2.47. The van der Waals surface area contributed by atoms with Gasteiger partial charge in [-0.1, -0.05) is 67.6 Å². The van der Waals surface area contributed by atoms with E-state index >= 15 is 0 Å². The summed E-state index contributed by atoms with van der Waals surface area (Å²) in [5, 5.41) is 0. The Labute approximate surface area is 211 Å². The van der Waals surface area contributed by atoms with Crippen molar-refractivity contribution in [3.63, 3.8) is 0 Å². The molecule has 1 aliphatic heterocycles. The summed E-state index contributed by atoms with van der Waals surface area (Å²) in [4.78, 5) is 35.2. The van der Waals surface area contributed by atoms with Gasteiger partial charge in [-0.3, -0.25) is 23.7 Å². The van der Waals surface area contributed by atoms with Crippen LogP contribution in [-0.2, 0) is 27.2 Å². The molecule has 0 atom stereocenters. The molecule has 0 spiro atoms. The third-order valence-corrected chi connectivity index (χ3v) is 7.24. The largest absolute Gasteiger partial charge is 0.332 e. The number of hydrogen-bond acceptors (Lipinski definition) is 5. The van der Waals surface area contributed by atoms with Crippen LogP contribution in [0, 0.1) is 0 Å². The van der Waals surface area contributed by atoms with Crippen LogP contribution in [0.2, 0.25) is 0 Å². The first kappa shape index (κ1) is 24.2. The maximum Gasteiger partial charge on any atom is 0.332 e. The fourth-order valence-electron chi connectivity index (χ4n) is 5.34. The average molecular weight is 487 g/mol. The SMILES string of the molecule is CCCn1c(CN2CCN(C(c3ccccc3)c3ccccc3)CC2)nc2c1c(=O)n(C)c(=O)n2C. The van der Waals surface area contributed by atoms with E-state index < -0.39 is 0 Å². The van der Waals surface area contributed by atoms with Gasteiger partial charge in [0.05, 0.1) is 12.6 Å². The van der Waals surface area contributed by atoms with Crippen LogP contribution in [-0.4, -0.2) is 54.7 Å². The number of imidazole rings is 1. The first-order chi connectivity index (χ1) is 17.5. The van der Waals surface area contributed by atoms with Crippen LogP contribution in [0.4, 0.5) is 0 Å². The van der Waals surface area contributed by atoms with Gasteiger partial charge in [0, 0.05) is 46.8 Å². The second-order valence-electron chi connectivity index (χ2n) is 9.59. The van der Waals surface area contributed by atoms with E-state index in [0.29, 0.717) is 24.3 Å². The molecule has 0 unspecified atom stereocenters. The van der Waals surface area contributed by atoms with Crippen LogP contribution in [0.5, 0.6) is 0 Å². The molecular formula is C28H34N6O2. The van der Waals surface area contributed by atoms with Gasteiger partial charge in [-0.2, -0.15) is 0 Å². The van der Waals surface area contributed by atoms with Crippen molar-refractivity contribution in [2.24, 2.45) is 14.1 Å². The standard InChI is InChI=1S/C28H34N6O2/c1-4-15-34-23(29-26-25(34)27(35)31(3)28(36)30(26)2)20-32-16-18-33(19-17-32)24(21-11-7-5-8-12-21)22-13-9-6-10-14-22/h5-14,24H,4,15-20H2,1-3H3. The molecule has 36 heavy (non-hydrogen) atoms. The summed E-state index contributed by atoms with van der Waals surface area (Å²) in [7, 11) is 3.21. The molecule has 3 heterocycles. The Morgan fingerprint density at radius 1 is 0.833 bits per heavy atom. The Bertz CT molecular complexity index is 1410. The van der Waals surface area contributed by atoms with Gasteiger partial charge in [0.1, 0.15) is 5.82 Å². The molecule has 0 saturated carbocycles. The van der Waals surface area contributed by atoms with Crippen LogP contribution < -0.4 is 11.2 Å². The highest BCUT2D eigenvalue weighted by Crippen LogP contribution is 2.29. The third kappa shape index (κ3) is 4.42. The lowest BCUT2D eigenvalue weighted by Gasteiger charge is -2.39. The zero-order valence-corrected chi connectivity index (χ0v) is 21.3. The van der Waals surface area contributed by atoms with Crippen molar-refractivity contribution in [1.82, 2.24) is 28.5 Å². The van der Waals surface area contributed by atoms with Gasteiger partial charge in [-0.05, 0) is 17.5 Å². The minimum atomic E-state index is -0.346. The second-order valence-corrected chi connectivity index (χ2v) is 9.59. The molecule has 4 aromatic rings. The number of nitrogens with zero attached hydrogens (tertiary/aromatic N) is 6. The maximum atomic E-state index is 13.0. The van der Waals surface area contributed by atoms with E-state index in [9.17, 15) is 9.59 Å². The Morgan fingerprint density at radius 3 is 1.97 bits per heavy atom. The molecule has 2 aromatic heterocycles. The van der Waals surface area contributed by atoms with Crippen LogP contribution in [0.1, 0.15) is 36.3 Å². The zero-order chi connectivity index (χ0) is 25.2. The molecule has 1 aliphatic rings. The molecule has 188 valence electrons. The van der Waals surface area contributed by atoms with Gasteiger partial charge >= 0.3 is 5.69 Å². The first-order valence-electron chi connectivity index (χ1n) is 12.7. The summed E-state index contributed by atoms with van der Waals surface area (Å²) >= 11 is 0. The minimum Gasteiger partial charge on any atom is -0.321 e. The van der Waals surface area contributed by atoms with Crippen molar-refractivity contribution in [3.8, 4) is 0 Å². The fourth-order valence-corrected chi connectivity index (χ4v) is 5.34. The molecule has 1 fully saturated rings. The molecule has 0 N–H and O–H groups in total. The second kappa shape index (κ2) is 10.2. The number of hydrogen-bond donors (Lipinski definition) is 0. The summed E-state index contributed by atoms with van der Waals surface area (Å²) < 4.78 is 4.67. The number of fused-ring (bicyclic) bond motifs is 1. The molecule has 0 bridgehead atoms. The third-order valence-electron chi connectivity index (χ3n) is 7.24. The van der Waals surface area contributed by atoms with Gasteiger partial charge in [0.2, 0.25) is 0 Å². The zero-order valence-electron chi connectivity index (χ0n) is 21.3. The van der Waals surface area contributed by atoms with Crippen LogP contribution in [0.15, 0.2) is 70.3 Å². The summed E-state index contributed by atoms with van der Waals surface area (Å²) in [5.74, 6) is 0.848. The Morgan fingerprint density at radius 2 is 1.42 bits per heavy atom. The molecule has 2 aromatic carbocycles. The summed E-state index contributed by atoms with van der Waals surface area (Å²) in [6, 6.07) is 21.6. The average Bonchev–Trinajstić information content (AvgIpc) is 3.27. The highest BCUT2D eigenvalue weighted by atomic mass is 16.2. The van der Waals surface area contributed by atoms with Gasteiger partial charge in [-0.25, -0.2) is 9.78 Å². The van der Waals surface area contributed by atoms with Crippen LogP contribution in [0.3, 0.4) is 0 Å². The quantitative estimate of drug-likeness (QED) is 0.402.